The highest BCUT2D eigenvalue weighted by Gasteiger charge is 2.13. The van der Waals surface area contributed by atoms with Crippen LogP contribution < -0.4 is 9.47 Å². The van der Waals surface area contributed by atoms with E-state index in [0.717, 1.165) is 9.13 Å². The van der Waals surface area contributed by atoms with E-state index in [1.54, 1.807) is 19.2 Å². The Morgan fingerprint density at radius 3 is 2.57 bits per heavy atom. The van der Waals surface area contributed by atoms with E-state index in [1.807, 2.05) is 30.3 Å². The van der Waals surface area contributed by atoms with Crippen molar-refractivity contribution in [2.45, 2.75) is 6.61 Å². The first kappa shape index (κ1) is 15.9. The van der Waals surface area contributed by atoms with E-state index in [-0.39, 0.29) is 5.17 Å². The summed E-state index contributed by atoms with van der Waals surface area (Å²) in [7, 11) is 1.55. The van der Waals surface area contributed by atoms with Crippen molar-refractivity contribution in [3.05, 3.63) is 57.2 Å². The van der Waals surface area contributed by atoms with Gasteiger partial charge in [-0.1, -0.05) is 47.1 Å². The van der Waals surface area contributed by atoms with Crippen LogP contribution in [0.5, 0.6) is 11.5 Å². The Balaban J connectivity index is 2.25. The highest BCUT2D eigenvalue weighted by molar-refractivity contribution is 14.1. The third-order valence-electron chi connectivity index (χ3n) is 2.80. The van der Waals surface area contributed by atoms with E-state index in [9.17, 15) is 0 Å². The first-order valence-electron chi connectivity index (χ1n) is 6.08. The molecule has 4 nitrogen and oxygen atoms in total. The number of rotatable bonds is 5. The second-order valence-electron chi connectivity index (χ2n) is 4.15. The highest BCUT2D eigenvalue weighted by atomic mass is 127. The number of oxime groups is 1. The summed E-state index contributed by atoms with van der Waals surface area (Å²) in [5, 5.41) is 11.8. The Morgan fingerprint density at radius 2 is 1.95 bits per heavy atom. The van der Waals surface area contributed by atoms with Crippen molar-refractivity contribution < 1.29 is 14.7 Å². The molecule has 0 saturated carbocycles. The Kier molecular flexibility index (Phi) is 5.69. The van der Waals surface area contributed by atoms with Gasteiger partial charge in [-0.05, 0) is 40.3 Å². The van der Waals surface area contributed by atoms with E-state index in [4.69, 9.17) is 26.3 Å². The minimum absolute atomic E-state index is 0.00677. The lowest BCUT2D eigenvalue weighted by molar-refractivity contribution is 0.284. The van der Waals surface area contributed by atoms with E-state index in [2.05, 4.69) is 27.7 Å². The maximum Gasteiger partial charge on any atom is 0.176 e. The van der Waals surface area contributed by atoms with Crippen molar-refractivity contribution in [1.82, 2.24) is 0 Å². The molecule has 2 rings (SSSR count). The van der Waals surface area contributed by atoms with Gasteiger partial charge >= 0.3 is 0 Å². The molecule has 21 heavy (non-hydrogen) atoms. The molecule has 0 aliphatic rings. The number of ether oxygens (including phenoxy) is 2. The minimum atomic E-state index is 0.00677. The largest absolute Gasteiger partial charge is 0.493 e. The molecular formula is C15H13ClINO3. The maximum absolute atomic E-state index is 8.78. The molecule has 0 saturated heterocycles. The van der Waals surface area contributed by atoms with Crippen LogP contribution in [-0.2, 0) is 6.61 Å². The van der Waals surface area contributed by atoms with Crippen molar-refractivity contribution in [3.63, 3.8) is 0 Å². The molecule has 0 amide bonds. The second-order valence-corrected chi connectivity index (χ2v) is 5.67. The molecule has 0 spiro atoms. The predicted molar refractivity (Wildman–Crippen MR) is 90.7 cm³/mol. The molecule has 0 radical (unpaired) electrons. The first-order valence-corrected chi connectivity index (χ1v) is 7.53. The van der Waals surface area contributed by atoms with Crippen LogP contribution in [0.4, 0.5) is 0 Å². The van der Waals surface area contributed by atoms with Crippen molar-refractivity contribution in [3.8, 4) is 11.5 Å². The summed E-state index contributed by atoms with van der Waals surface area (Å²) in [6.07, 6.45) is 0. The van der Waals surface area contributed by atoms with Crippen LogP contribution in [0.2, 0.25) is 0 Å². The summed E-state index contributed by atoms with van der Waals surface area (Å²) in [6.45, 7) is 0.439. The molecule has 6 heteroatoms. The first-order chi connectivity index (χ1) is 10.2. The molecule has 0 aromatic heterocycles. The van der Waals surface area contributed by atoms with Gasteiger partial charge in [0.25, 0.3) is 0 Å². The summed E-state index contributed by atoms with van der Waals surface area (Å²) in [4.78, 5) is 0. The third kappa shape index (κ3) is 4.01. The number of methoxy groups -OCH3 is 1. The van der Waals surface area contributed by atoms with E-state index < -0.39 is 0 Å². The predicted octanol–water partition coefficient (Wildman–Crippen LogP) is 4.25. The third-order valence-corrected chi connectivity index (χ3v) is 3.97. The molecule has 0 aliphatic carbocycles. The van der Waals surface area contributed by atoms with Crippen molar-refractivity contribution in [2.24, 2.45) is 5.16 Å². The van der Waals surface area contributed by atoms with Crippen LogP contribution in [0.15, 0.2) is 47.6 Å². The zero-order valence-corrected chi connectivity index (χ0v) is 14.1. The highest BCUT2D eigenvalue weighted by Crippen LogP contribution is 2.33. The Bertz CT molecular complexity index is 647. The number of hydrogen-bond donors (Lipinski definition) is 1. The molecule has 110 valence electrons. The topological polar surface area (TPSA) is 51.0 Å². The summed E-state index contributed by atoms with van der Waals surface area (Å²) in [5.41, 5.74) is 1.65. The Labute approximate surface area is 141 Å². The van der Waals surface area contributed by atoms with E-state index in [1.165, 1.54) is 0 Å². The van der Waals surface area contributed by atoms with E-state index in [0.29, 0.717) is 23.7 Å². The summed E-state index contributed by atoms with van der Waals surface area (Å²) in [6, 6.07) is 13.3. The lowest BCUT2D eigenvalue weighted by Crippen LogP contribution is -2.02. The number of nitrogens with zero attached hydrogens (tertiary/aromatic N) is 1. The number of benzene rings is 2. The van der Waals surface area contributed by atoms with Crippen LogP contribution in [0.1, 0.15) is 11.1 Å². The van der Waals surface area contributed by atoms with Gasteiger partial charge in [0, 0.05) is 9.13 Å². The van der Waals surface area contributed by atoms with Gasteiger partial charge in [-0.3, -0.25) is 0 Å². The Hall–Kier alpha value is -1.47. The normalized spacial score (nSPS) is 11.3. The van der Waals surface area contributed by atoms with Crippen molar-refractivity contribution in [2.75, 3.05) is 7.11 Å². The molecule has 1 N–H and O–H groups in total. The van der Waals surface area contributed by atoms with Crippen LogP contribution in [-0.4, -0.2) is 17.5 Å². The fraction of sp³-hybridized carbons (Fsp3) is 0.133. The molecule has 0 bridgehead atoms. The zero-order valence-electron chi connectivity index (χ0n) is 11.2. The quantitative estimate of drug-likeness (QED) is 0.342. The van der Waals surface area contributed by atoms with Gasteiger partial charge in [-0.25, -0.2) is 0 Å². The number of halogens is 2. The fourth-order valence-electron chi connectivity index (χ4n) is 1.75. The van der Waals surface area contributed by atoms with Crippen LogP contribution in [0.3, 0.4) is 0 Å². The molecular weight excluding hydrogens is 405 g/mol. The SMILES string of the molecule is COc1cc(C(Cl)=NO)c(I)cc1OCc1ccccc1. The monoisotopic (exact) mass is 417 g/mol. The van der Waals surface area contributed by atoms with Crippen LogP contribution >= 0.6 is 34.2 Å². The van der Waals surface area contributed by atoms with Gasteiger partial charge in [0.05, 0.1) is 7.11 Å². The van der Waals surface area contributed by atoms with Crippen LogP contribution in [0, 0.1) is 3.57 Å². The summed E-state index contributed by atoms with van der Waals surface area (Å²) >= 11 is 7.95. The lowest BCUT2D eigenvalue weighted by Gasteiger charge is -2.13. The van der Waals surface area contributed by atoms with Gasteiger partial charge in [0.2, 0.25) is 0 Å². The van der Waals surface area contributed by atoms with Crippen LogP contribution in [0.25, 0.3) is 0 Å². The van der Waals surface area contributed by atoms with Gasteiger partial charge in [-0.15, -0.1) is 0 Å². The zero-order chi connectivity index (χ0) is 15.2. The Morgan fingerprint density at radius 1 is 1.24 bits per heavy atom. The molecule has 0 unspecified atom stereocenters. The van der Waals surface area contributed by atoms with Gasteiger partial charge in [0.1, 0.15) is 6.61 Å². The summed E-state index contributed by atoms with van der Waals surface area (Å²) < 4.78 is 11.9. The van der Waals surface area contributed by atoms with Gasteiger partial charge in [-0.2, -0.15) is 0 Å². The molecule has 0 atom stereocenters. The maximum atomic E-state index is 8.78. The lowest BCUT2D eigenvalue weighted by atomic mass is 10.2. The average molecular weight is 418 g/mol. The van der Waals surface area contributed by atoms with Crippen molar-refractivity contribution in [1.29, 1.82) is 0 Å². The molecule has 0 heterocycles. The summed E-state index contributed by atoms with van der Waals surface area (Å²) in [5.74, 6) is 1.14. The standard InChI is InChI=1S/C15H13ClINO3/c1-20-13-7-11(15(16)18-19)12(17)8-14(13)21-9-10-5-3-2-4-6-10/h2-8,19H,9H2,1H3. The smallest absolute Gasteiger partial charge is 0.176 e. The molecule has 0 fully saturated rings. The van der Waals surface area contributed by atoms with Crippen molar-refractivity contribution >= 4 is 39.4 Å². The average Bonchev–Trinajstić information content (AvgIpc) is 2.53. The molecule has 2 aromatic carbocycles. The minimum Gasteiger partial charge on any atom is -0.493 e. The number of hydrogen-bond acceptors (Lipinski definition) is 4. The second kappa shape index (κ2) is 7.51. The molecule has 0 aliphatic heterocycles. The van der Waals surface area contributed by atoms with Gasteiger partial charge < -0.3 is 14.7 Å². The fourth-order valence-corrected chi connectivity index (χ4v) is 2.76. The molecule has 2 aromatic rings. The van der Waals surface area contributed by atoms with E-state index >= 15 is 0 Å². The van der Waals surface area contributed by atoms with Gasteiger partial charge in [0.15, 0.2) is 16.7 Å².